The molecule has 0 aliphatic carbocycles. The standard InChI is InChI=1S/C14H20N2O3/c1-9(2)12(13(17)19-4)16-14(18)15-11-7-5-10(3)6-8-11/h5-9,12H,1-4H3,(H2,15,16,18)/t12-/m0/s1. The summed E-state index contributed by atoms with van der Waals surface area (Å²) >= 11 is 0. The molecule has 1 aromatic carbocycles. The Morgan fingerprint density at radius 1 is 1.16 bits per heavy atom. The number of rotatable bonds is 4. The van der Waals surface area contributed by atoms with Crippen LogP contribution < -0.4 is 10.6 Å². The van der Waals surface area contributed by atoms with Crippen LogP contribution in [0.25, 0.3) is 0 Å². The topological polar surface area (TPSA) is 67.4 Å². The van der Waals surface area contributed by atoms with Crippen LogP contribution >= 0.6 is 0 Å². The molecule has 0 radical (unpaired) electrons. The highest BCUT2D eigenvalue weighted by atomic mass is 16.5. The van der Waals surface area contributed by atoms with Crippen molar-refractivity contribution in [2.75, 3.05) is 12.4 Å². The highest BCUT2D eigenvalue weighted by Crippen LogP contribution is 2.09. The molecule has 0 aliphatic heterocycles. The monoisotopic (exact) mass is 264 g/mol. The van der Waals surface area contributed by atoms with Crippen LogP contribution in [0.4, 0.5) is 10.5 Å². The van der Waals surface area contributed by atoms with Crippen LogP contribution in [0.3, 0.4) is 0 Å². The van der Waals surface area contributed by atoms with Crippen LogP contribution in [0.2, 0.25) is 0 Å². The van der Waals surface area contributed by atoms with Crippen molar-refractivity contribution in [2.45, 2.75) is 26.8 Å². The Balaban J connectivity index is 2.62. The number of hydrogen-bond acceptors (Lipinski definition) is 3. The number of benzene rings is 1. The van der Waals surface area contributed by atoms with Gasteiger partial charge in [0.2, 0.25) is 0 Å². The first-order chi connectivity index (χ1) is 8.93. The van der Waals surface area contributed by atoms with Crippen molar-refractivity contribution in [1.29, 1.82) is 0 Å². The molecule has 1 atom stereocenters. The van der Waals surface area contributed by atoms with E-state index in [1.807, 2.05) is 32.9 Å². The minimum absolute atomic E-state index is 0.0452. The highest BCUT2D eigenvalue weighted by Gasteiger charge is 2.24. The molecule has 0 saturated carbocycles. The molecular formula is C14H20N2O3. The van der Waals surface area contributed by atoms with Crippen molar-refractivity contribution in [3.63, 3.8) is 0 Å². The summed E-state index contributed by atoms with van der Waals surface area (Å²) in [4.78, 5) is 23.3. The number of anilines is 1. The Labute approximate surface area is 113 Å². The fourth-order valence-corrected chi connectivity index (χ4v) is 1.57. The molecule has 2 amide bonds. The molecule has 1 rings (SSSR count). The van der Waals surface area contributed by atoms with Gasteiger partial charge < -0.3 is 15.4 Å². The van der Waals surface area contributed by atoms with Gasteiger partial charge in [-0.1, -0.05) is 31.5 Å². The van der Waals surface area contributed by atoms with Gasteiger partial charge in [-0.25, -0.2) is 9.59 Å². The van der Waals surface area contributed by atoms with Crippen molar-refractivity contribution in [1.82, 2.24) is 5.32 Å². The van der Waals surface area contributed by atoms with E-state index in [1.165, 1.54) is 7.11 Å². The summed E-state index contributed by atoms with van der Waals surface area (Å²) in [6.45, 7) is 5.65. The van der Waals surface area contributed by atoms with E-state index < -0.39 is 18.0 Å². The third kappa shape index (κ3) is 4.62. The molecule has 5 nitrogen and oxygen atoms in total. The molecule has 0 fully saturated rings. The summed E-state index contributed by atoms with van der Waals surface area (Å²) in [5, 5.41) is 5.28. The number of hydrogen-bond donors (Lipinski definition) is 2. The fourth-order valence-electron chi connectivity index (χ4n) is 1.57. The number of ether oxygens (including phenoxy) is 1. The SMILES string of the molecule is COC(=O)[C@@H](NC(=O)Nc1ccc(C)cc1)C(C)C. The lowest BCUT2D eigenvalue weighted by atomic mass is 10.1. The number of aryl methyl sites for hydroxylation is 1. The number of methoxy groups -OCH3 is 1. The summed E-state index contributed by atoms with van der Waals surface area (Å²) in [5.41, 5.74) is 1.79. The molecule has 5 heteroatoms. The Morgan fingerprint density at radius 2 is 1.74 bits per heavy atom. The van der Waals surface area contributed by atoms with Crippen LogP contribution in [0, 0.1) is 12.8 Å². The lowest BCUT2D eigenvalue weighted by Crippen LogP contribution is -2.46. The number of carbonyl (C=O) groups is 2. The van der Waals surface area contributed by atoms with Gasteiger partial charge >= 0.3 is 12.0 Å². The van der Waals surface area contributed by atoms with Crippen molar-refractivity contribution in [2.24, 2.45) is 5.92 Å². The Hall–Kier alpha value is -2.04. The zero-order valence-electron chi connectivity index (χ0n) is 11.7. The zero-order valence-corrected chi connectivity index (χ0v) is 11.7. The first-order valence-electron chi connectivity index (χ1n) is 6.16. The molecule has 0 heterocycles. The van der Waals surface area contributed by atoms with Gasteiger partial charge in [-0.2, -0.15) is 0 Å². The fraction of sp³-hybridized carbons (Fsp3) is 0.429. The van der Waals surface area contributed by atoms with E-state index in [0.717, 1.165) is 5.56 Å². The number of esters is 1. The molecule has 0 bridgehead atoms. The lowest BCUT2D eigenvalue weighted by molar-refractivity contribution is -0.143. The van der Waals surface area contributed by atoms with Gasteiger partial charge in [0.15, 0.2) is 0 Å². The third-order valence-corrected chi connectivity index (χ3v) is 2.72. The van der Waals surface area contributed by atoms with Gasteiger partial charge in [0, 0.05) is 5.69 Å². The molecule has 0 unspecified atom stereocenters. The predicted molar refractivity (Wildman–Crippen MR) is 74.0 cm³/mol. The number of carbonyl (C=O) groups excluding carboxylic acids is 2. The molecule has 0 saturated heterocycles. The summed E-state index contributed by atoms with van der Waals surface area (Å²) in [5.74, 6) is -0.495. The molecule has 2 N–H and O–H groups in total. The molecule has 0 aromatic heterocycles. The average molecular weight is 264 g/mol. The van der Waals surface area contributed by atoms with Crippen molar-refractivity contribution in [3.8, 4) is 0 Å². The normalized spacial score (nSPS) is 11.8. The van der Waals surface area contributed by atoms with E-state index in [9.17, 15) is 9.59 Å². The second-order valence-electron chi connectivity index (χ2n) is 4.71. The van der Waals surface area contributed by atoms with Gasteiger partial charge in [-0.3, -0.25) is 0 Å². The average Bonchev–Trinajstić information content (AvgIpc) is 2.37. The number of urea groups is 1. The van der Waals surface area contributed by atoms with Gasteiger partial charge in [0.25, 0.3) is 0 Å². The van der Waals surface area contributed by atoms with Crippen LogP contribution in [0.1, 0.15) is 19.4 Å². The van der Waals surface area contributed by atoms with Gasteiger partial charge in [-0.05, 0) is 25.0 Å². The van der Waals surface area contributed by atoms with Crippen molar-refractivity contribution >= 4 is 17.7 Å². The Morgan fingerprint density at radius 3 is 2.21 bits per heavy atom. The quantitative estimate of drug-likeness (QED) is 0.820. The second-order valence-corrected chi connectivity index (χ2v) is 4.71. The smallest absolute Gasteiger partial charge is 0.328 e. The highest BCUT2D eigenvalue weighted by molar-refractivity contribution is 5.92. The van der Waals surface area contributed by atoms with Gasteiger partial charge in [0.1, 0.15) is 6.04 Å². The maximum atomic E-state index is 11.8. The molecule has 19 heavy (non-hydrogen) atoms. The second kappa shape index (κ2) is 6.78. The maximum Gasteiger partial charge on any atom is 0.328 e. The Kier molecular flexibility index (Phi) is 5.36. The van der Waals surface area contributed by atoms with E-state index in [1.54, 1.807) is 12.1 Å². The molecule has 0 spiro atoms. The molecule has 1 aromatic rings. The zero-order chi connectivity index (χ0) is 14.4. The van der Waals surface area contributed by atoms with Crippen LogP contribution in [0.5, 0.6) is 0 Å². The van der Waals surface area contributed by atoms with Crippen LogP contribution in [0.15, 0.2) is 24.3 Å². The predicted octanol–water partition coefficient (Wildman–Crippen LogP) is 2.31. The van der Waals surface area contributed by atoms with Crippen LogP contribution in [-0.2, 0) is 9.53 Å². The van der Waals surface area contributed by atoms with E-state index >= 15 is 0 Å². The van der Waals surface area contributed by atoms with Crippen molar-refractivity contribution in [3.05, 3.63) is 29.8 Å². The largest absolute Gasteiger partial charge is 0.467 e. The molecule has 104 valence electrons. The van der Waals surface area contributed by atoms with E-state index in [-0.39, 0.29) is 5.92 Å². The van der Waals surface area contributed by atoms with Gasteiger partial charge in [0.05, 0.1) is 7.11 Å². The summed E-state index contributed by atoms with van der Waals surface area (Å²) < 4.78 is 4.66. The maximum absolute atomic E-state index is 11.8. The molecular weight excluding hydrogens is 244 g/mol. The summed E-state index contributed by atoms with van der Waals surface area (Å²) in [6, 6.07) is 6.32. The summed E-state index contributed by atoms with van der Waals surface area (Å²) in [6.07, 6.45) is 0. The first-order valence-corrected chi connectivity index (χ1v) is 6.16. The summed E-state index contributed by atoms with van der Waals surface area (Å²) in [7, 11) is 1.30. The number of nitrogens with one attached hydrogen (secondary N) is 2. The molecule has 0 aliphatic rings. The minimum atomic E-state index is -0.657. The van der Waals surface area contributed by atoms with Crippen molar-refractivity contribution < 1.29 is 14.3 Å². The van der Waals surface area contributed by atoms with E-state index in [4.69, 9.17) is 0 Å². The van der Waals surface area contributed by atoms with E-state index in [2.05, 4.69) is 15.4 Å². The third-order valence-electron chi connectivity index (χ3n) is 2.72. The van der Waals surface area contributed by atoms with Crippen LogP contribution in [-0.4, -0.2) is 25.2 Å². The number of amides is 2. The first kappa shape index (κ1) is 15.0. The Bertz CT molecular complexity index is 441. The van der Waals surface area contributed by atoms with Gasteiger partial charge in [-0.15, -0.1) is 0 Å². The van der Waals surface area contributed by atoms with E-state index in [0.29, 0.717) is 5.69 Å². The minimum Gasteiger partial charge on any atom is -0.467 e. The lowest BCUT2D eigenvalue weighted by Gasteiger charge is -2.20.